The Bertz CT molecular complexity index is 734. The highest BCUT2D eigenvalue weighted by molar-refractivity contribution is 6.04. The van der Waals surface area contributed by atoms with E-state index in [1.807, 2.05) is 31.2 Å². The lowest BCUT2D eigenvalue weighted by Crippen LogP contribution is -2.24. The lowest BCUT2D eigenvalue weighted by Gasteiger charge is -2.22. The summed E-state index contributed by atoms with van der Waals surface area (Å²) in [6.07, 6.45) is 7.65. The third-order valence-corrected chi connectivity index (χ3v) is 4.93. The third kappa shape index (κ3) is 4.19. The Hall–Kier alpha value is -2.36. The number of benzene rings is 1. The average molecular weight is 337 g/mol. The summed E-state index contributed by atoms with van der Waals surface area (Å²) in [6.45, 7) is 6.24. The van der Waals surface area contributed by atoms with Crippen molar-refractivity contribution in [3.63, 3.8) is 0 Å². The molecular weight excluding hydrogens is 310 g/mol. The Morgan fingerprint density at radius 2 is 1.92 bits per heavy atom. The number of carbonyl (C=O) groups excluding carboxylic acids is 1. The van der Waals surface area contributed by atoms with Crippen LogP contribution in [0.1, 0.15) is 54.2 Å². The minimum atomic E-state index is -0.138. The first-order valence-corrected chi connectivity index (χ1v) is 9.30. The molecule has 0 bridgehead atoms. The van der Waals surface area contributed by atoms with E-state index < -0.39 is 0 Å². The molecule has 0 saturated carbocycles. The van der Waals surface area contributed by atoms with Crippen LogP contribution in [0.5, 0.6) is 0 Å². The number of amides is 1. The van der Waals surface area contributed by atoms with Gasteiger partial charge in [0.25, 0.3) is 5.91 Å². The number of pyridine rings is 1. The second-order valence-electron chi connectivity index (χ2n) is 6.72. The molecule has 0 atom stereocenters. The van der Waals surface area contributed by atoms with Crippen LogP contribution in [0.15, 0.2) is 36.5 Å². The molecule has 1 aromatic heterocycles. The maximum Gasteiger partial charge on any atom is 0.274 e. The van der Waals surface area contributed by atoms with E-state index in [1.54, 1.807) is 6.20 Å². The van der Waals surface area contributed by atoms with Crippen LogP contribution >= 0.6 is 0 Å². The molecule has 1 aromatic carbocycles. The Balaban J connectivity index is 1.80. The van der Waals surface area contributed by atoms with Crippen LogP contribution in [0.25, 0.3) is 0 Å². The Morgan fingerprint density at radius 3 is 2.64 bits per heavy atom. The normalized spacial score (nSPS) is 14.9. The van der Waals surface area contributed by atoms with E-state index >= 15 is 0 Å². The first-order valence-electron chi connectivity index (χ1n) is 9.30. The van der Waals surface area contributed by atoms with Gasteiger partial charge in [-0.25, -0.2) is 0 Å². The summed E-state index contributed by atoms with van der Waals surface area (Å²) in [6, 6.07) is 10.0. The van der Waals surface area contributed by atoms with Gasteiger partial charge in [0.1, 0.15) is 5.69 Å². The summed E-state index contributed by atoms with van der Waals surface area (Å²) in [5.41, 5.74) is 4.72. The van der Waals surface area contributed by atoms with Crippen molar-refractivity contribution in [3.8, 4) is 0 Å². The molecule has 4 heteroatoms. The number of hydrogen-bond acceptors (Lipinski definition) is 3. The second-order valence-corrected chi connectivity index (χ2v) is 6.72. The lowest BCUT2D eigenvalue weighted by atomic mass is 10.1. The van der Waals surface area contributed by atoms with Crippen molar-refractivity contribution in [2.24, 2.45) is 0 Å². The van der Waals surface area contributed by atoms with Crippen molar-refractivity contribution in [2.75, 3.05) is 23.3 Å². The predicted octanol–water partition coefficient (Wildman–Crippen LogP) is 4.59. The minimum absolute atomic E-state index is 0.138. The smallest absolute Gasteiger partial charge is 0.274 e. The highest BCUT2D eigenvalue weighted by Gasteiger charge is 2.15. The molecule has 0 radical (unpaired) electrons. The predicted molar refractivity (Wildman–Crippen MR) is 103 cm³/mol. The summed E-state index contributed by atoms with van der Waals surface area (Å²) in [5, 5.41) is 3.07. The number of carbonyl (C=O) groups is 1. The summed E-state index contributed by atoms with van der Waals surface area (Å²) in [5.74, 6) is -0.138. The molecule has 0 unspecified atom stereocenters. The van der Waals surface area contributed by atoms with Gasteiger partial charge < -0.3 is 10.2 Å². The Kier molecular flexibility index (Phi) is 5.69. The van der Waals surface area contributed by atoms with Crippen LogP contribution in [-0.4, -0.2) is 24.0 Å². The number of anilines is 2. The van der Waals surface area contributed by atoms with Gasteiger partial charge in [-0.3, -0.25) is 9.78 Å². The van der Waals surface area contributed by atoms with Gasteiger partial charge in [0, 0.05) is 30.7 Å². The van der Waals surface area contributed by atoms with E-state index in [1.165, 1.54) is 25.7 Å². The van der Waals surface area contributed by atoms with E-state index in [-0.39, 0.29) is 5.91 Å². The molecule has 1 fully saturated rings. The molecule has 4 nitrogen and oxygen atoms in total. The monoisotopic (exact) mass is 337 g/mol. The van der Waals surface area contributed by atoms with Crippen LogP contribution in [0.4, 0.5) is 11.4 Å². The standard InChI is InChI=1S/C21H27N3O/c1-3-17-10-8-9-16(2)20(17)23-21(25)19-15-18(11-12-22-19)24-13-6-4-5-7-14-24/h8-12,15H,3-7,13-14H2,1-2H3,(H,23,25). The molecule has 132 valence electrons. The molecule has 2 heterocycles. The highest BCUT2D eigenvalue weighted by atomic mass is 16.1. The molecule has 2 aromatic rings. The fourth-order valence-corrected chi connectivity index (χ4v) is 3.45. The summed E-state index contributed by atoms with van der Waals surface area (Å²) in [4.78, 5) is 19.4. The van der Waals surface area contributed by atoms with Gasteiger partial charge in [-0.2, -0.15) is 0 Å². The number of aryl methyl sites for hydroxylation is 2. The Labute approximate surface area is 150 Å². The molecule has 3 rings (SSSR count). The second kappa shape index (κ2) is 8.15. The van der Waals surface area contributed by atoms with Crippen molar-refractivity contribution >= 4 is 17.3 Å². The minimum Gasteiger partial charge on any atom is -0.371 e. The fraction of sp³-hybridized carbons (Fsp3) is 0.429. The molecule has 1 saturated heterocycles. The van der Waals surface area contributed by atoms with Crippen molar-refractivity contribution in [3.05, 3.63) is 53.3 Å². The zero-order valence-corrected chi connectivity index (χ0v) is 15.2. The molecule has 1 amide bonds. The van der Waals surface area contributed by atoms with Crippen molar-refractivity contribution in [1.82, 2.24) is 4.98 Å². The number of para-hydroxylation sites is 1. The number of rotatable bonds is 4. The highest BCUT2D eigenvalue weighted by Crippen LogP contribution is 2.23. The first-order chi connectivity index (χ1) is 12.2. The zero-order valence-electron chi connectivity index (χ0n) is 15.2. The van der Waals surface area contributed by atoms with E-state index in [4.69, 9.17) is 0 Å². The van der Waals surface area contributed by atoms with E-state index in [0.29, 0.717) is 5.69 Å². The van der Waals surface area contributed by atoms with Gasteiger partial charge in [0.05, 0.1) is 0 Å². The molecular formula is C21H27N3O. The van der Waals surface area contributed by atoms with Gasteiger partial charge in [0.15, 0.2) is 0 Å². The zero-order chi connectivity index (χ0) is 17.6. The quantitative estimate of drug-likeness (QED) is 0.888. The summed E-state index contributed by atoms with van der Waals surface area (Å²) < 4.78 is 0. The number of nitrogens with one attached hydrogen (secondary N) is 1. The maximum absolute atomic E-state index is 12.7. The lowest BCUT2D eigenvalue weighted by molar-refractivity contribution is 0.102. The first kappa shape index (κ1) is 17.5. The number of aromatic nitrogens is 1. The molecule has 1 N–H and O–H groups in total. The van der Waals surface area contributed by atoms with Crippen LogP contribution in [0, 0.1) is 6.92 Å². The van der Waals surface area contributed by atoms with Gasteiger partial charge >= 0.3 is 0 Å². The van der Waals surface area contributed by atoms with Crippen LogP contribution < -0.4 is 10.2 Å². The van der Waals surface area contributed by atoms with Crippen LogP contribution in [0.3, 0.4) is 0 Å². The number of nitrogens with zero attached hydrogens (tertiary/aromatic N) is 2. The van der Waals surface area contributed by atoms with Gasteiger partial charge in [-0.05, 0) is 49.4 Å². The third-order valence-electron chi connectivity index (χ3n) is 4.93. The SMILES string of the molecule is CCc1cccc(C)c1NC(=O)c1cc(N2CCCCCC2)ccn1. The summed E-state index contributed by atoms with van der Waals surface area (Å²) >= 11 is 0. The molecule has 25 heavy (non-hydrogen) atoms. The topological polar surface area (TPSA) is 45.2 Å². The number of hydrogen-bond donors (Lipinski definition) is 1. The molecule has 0 aliphatic carbocycles. The van der Waals surface area contributed by atoms with E-state index in [2.05, 4.69) is 28.2 Å². The Morgan fingerprint density at radius 1 is 1.16 bits per heavy atom. The molecule has 1 aliphatic rings. The average Bonchev–Trinajstić information content (AvgIpc) is 2.93. The van der Waals surface area contributed by atoms with Crippen LogP contribution in [0.2, 0.25) is 0 Å². The fourth-order valence-electron chi connectivity index (χ4n) is 3.45. The molecule has 0 spiro atoms. The summed E-state index contributed by atoms with van der Waals surface area (Å²) in [7, 11) is 0. The molecule has 1 aliphatic heterocycles. The largest absolute Gasteiger partial charge is 0.371 e. The van der Waals surface area contributed by atoms with Gasteiger partial charge in [-0.15, -0.1) is 0 Å². The van der Waals surface area contributed by atoms with Crippen molar-refractivity contribution in [1.29, 1.82) is 0 Å². The van der Waals surface area contributed by atoms with Crippen LogP contribution in [-0.2, 0) is 6.42 Å². The van der Waals surface area contributed by atoms with E-state index in [9.17, 15) is 4.79 Å². The van der Waals surface area contributed by atoms with Crippen molar-refractivity contribution in [2.45, 2.75) is 46.0 Å². The maximum atomic E-state index is 12.7. The van der Waals surface area contributed by atoms with Gasteiger partial charge in [0.2, 0.25) is 0 Å². The van der Waals surface area contributed by atoms with Crippen molar-refractivity contribution < 1.29 is 4.79 Å². The van der Waals surface area contributed by atoms with Gasteiger partial charge in [-0.1, -0.05) is 38.0 Å². The van der Waals surface area contributed by atoms with E-state index in [0.717, 1.165) is 42.0 Å².